The monoisotopic (exact) mass is 421 g/mol. The first kappa shape index (κ1) is 18.4. The molecule has 5 rings (SSSR count). The molecule has 0 radical (unpaired) electrons. The summed E-state index contributed by atoms with van der Waals surface area (Å²) in [6.07, 6.45) is -0.522. The van der Waals surface area contributed by atoms with Gasteiger partial charge in [-0.05, 0) is 34.0 Å². The predicted octanol–water partition coefficient (Wildman–Crippen LogP) is 4.04. The maximum Gasteiger partial charge on any atom is 0.209 e. The Morgan fingerprint density at radius 2 is 1.69 bits per heavy atom. The first-order chi connectivity index (χ1) is 14.3. The normalized spacial score (nSPS) is 12.7. The topological polar surface area (TPSA) is 68.8 Å². The van der Waals surface area contributed by atoms with Gasteiger partial charge in [0.2, 0.25) is 5.16 Å². The molecule has 0 amide bonds. The van der Waals surface area contributed by atoms with Crippen molar-refractivity contribution in [2.75, 3.05) is 5.75 Å². The van der Waals surface area contributed by atoms with Gasteiger partial charge in [-0.1, -0.05) is 54.2 Å². The van der Waals surface area contributed by atoms with Crippen LogP contribution in [0.5, 0.6) is 0 Å². The van der Waals surface area contributed by atoms with Crippen molar-refractivity contribution in [2.24, 2.45) is 0 Å². The van der Waals surface area contributed by atoms with E-state index in [1.54, 1.807) is 16.0 Å². The molecule has 0 spiro atoms. The molecule has 3 aromatic heterocycles. The number of thioether (sulfide) groups is 1. The number of thiophene rings is 1. The number of benzene rings is 2. The van der Waals surface area contributed by atoms with Gasteiger partial charge in [0.15, 0.2) is 0 Å². The van der Waals surface area contributed by atoms with Gasteiger partial charge >= 0.3 is 0 Å². The van der Waals surface area contributed by atoms with E-state index in [0.29, 0.717) is 18.8 Å². The molecule has 0 saturated carbocycles. The van der Waals surface area contributed by atoms with Crippen molar-refractivity contribution in [3.05, 3.63) is 70.9 Å². The third kappa shape index (κ3) is 3.66. The van der Waals surface area contributed by atoms with Crippen molar-refractivity contribution in [2.45, 2.75) is 24.3 Å². The molecular formula is C21H19N5OS2. The van der Waals surface area contributed by atoms with Gasteiger partial charge in [0, 0.05) is 32.4 Å². The van der Waals surface area contributed by atoms with Crippen molar-refractivity contribution in [1.29, 1.82) is 0 Å². The van der Waals surface area contributed by atoms with E-state index in [1.807, 2.05) is 23.6 Å². The summed E-state index contributed by atoms with van der Waals surface area (Å²) >= 11 is 3.17. The quantitative estimate of drug-likeness (QED) is 0.402. The average molecular weight is 422 g/mol. The van der Waals surface area contributed by atoms with Gasteiger partial charge in [0.05, 0.1) is 19.2 Å². The number of tetrazole rings is 1. The number of para-hydroxylation sites is 2. The molecule has 2 aromatic carbocycles. The summed E-state index contributed by atoms with van der Waals surface area (Å²) in [5.74, 6) is 0.519. The zero-order chi connectivity index (χ0) is 19.6. The molecule has 0 unspecified atom stereocenters. The van der Waals surface area contributed by atoms with Gasteiger partial charge in [0.1, 0.15) is 0 Å². The molecule has 1 atom stereocenters. The standard InChI is InChI=1S/C21H19N5OS2/c27-15(14-29-21-22-23-24-26(21)13-16-6-5-11-28-16)12-25-19-9-3-1-7-17(19)18-8-2-4-10-20(18)25/h1-11,15,27H,12-14H2/t15-/m1/s1. The molecule has 0 aliphatic carbocycles. The highest BCUT2D eigenvalue weighted by atomic mass is 32.2. The summed E-state index contributed by atoms with van der Waals surface area (Å²) in [4.78, 5) is 1.20. The van der Waals surface area contributed by atoms with Gasteiger partial charge in [-0.25, -0.2) is 4.68 Å². The number of nitrogens with zero attached hydrogens (tertiary/aromatic N) is 5. The lowest BCUT2D eigenvalue weighted by Crippen LogP contribution is -2.18. The van der Waals surface area contributed by atoms with Crippen LogP contribution in [0.2, 0.25) is 0 Å². The van der Waals surface area contributed by atoms with E-state index < -0.39 is 6.10 Å². The minimum absolute atomic E-state index is 0.519. The summed E-state index contributed by atoms with van der Waals surface area (Å²) < 4.78 is 3.98. The second-order valence-electron chi connectivity index (χ2n) is 6.81. The fourth-order valence-electron chi connectivity index (χ4n) is 3.58. The van der Waals surface area contributed by atoms with Gasteiger partial charge in [-0.3, -0.25) is 0 Å². The maximum absolute atomic E-state index is 10.8. The van der Waals surface area contributed by atoms with Crippen LogP contribution in [-0.4, -0.2) is 41.7 Å². The molecule has 1 N–H and O–H groups in total. The molecule has 3 heterocycles. The lowest BCUT2D eigenvalue weighted by Gasteiger charge is -2.13. The average Bonchev–Trinajstić information content (AvgIpc) is 3.48. The third-order valence-corrected chi connectivity index (χ3v) is 6.83. The number of aliphatic hydroxyl groups is 1. The van der Waals surface area contributed by atoms with Gasteiger partial charge in [-0.2, -0.15) is 0 Å². The number of fused-ring (bicyclic) bond motifs is 3. The van der Waals surface area contributed by atoms with Crippen LogP contribution < -0.4 is 0 Å². The third-order valence-electron chi connectivity index (χ3n) is 4.86. The van der Waals surface area contributed by atoms with Crippen LogP contribution >= 0.6 is 23.1 Å². The summed E-state index contributed by atoms with van der Waals surface area (Å²) in [5.41, 5.74) is 2.28. The molecule has 0 bridgehead atoms. The number of rotatable bonds is 7. The summed E-state index contributed by atoms with van der Waals surface area (Å²) in [6.45, 7) is 1.17. The van der Waals surface area contributed by atoms with Crippen LogP contribution in [0.4, 0.5) is 0 Å². The first-order valence-corrected chi connectivity index (χ1v) is 11.2. The minimum Gasteiger partial charge on any atom is -0.390 e. The molecule has 0 saturated heterocycles. The summed E-state index contributed by atoms with van der Waals surface area (Å²) in [6, 6.07) is 20.8. The van der Waals surface area contributed by atoms with E-state index in [2.05, 4.69) is 62.6 Å². The number of aliphatic hydroxyl groups excluding tert-OH is 1. The number of hydrogen-bond acceptors (Lipinski definition) is 6. The Bertz CT molecular complexity index is 1190. The van der Waals surface area contributed by atoms with Gasteiger partial charge in [-0.15, -0.1) is 16.4 Å². The highest BCUT2D eigenvalue weighted by Gasteiger charge is 2.15. The van der Waals surface area contributed by atoms with Crippen LogP contribution in [0, 0.1) is 0 Å². The fourth-order valence-corrected chi connectivity index (χ4v) is 5.06. The van der Waals surface area contributed by atoms with Gasteiger partial charge < -0.3 is 9.67 Å². The zero-order valence-corrected chi connectivity index (χ0v) is 17.2. The Morgan fingerprint density at radius 3 is 2.38 bits per heavy atom. The predicted molar refractivity (Wildman–Crippen MR) is 117 cm³/mol. The minimum atomic E-state index is -0.522. The van der Waals surface area contributed by atoms with Crippen molar-refractivity contribution in [3.8, 4) is 0 Å². The van der Waals surface area contributed by atoms with Crippen LogP contribution in [0.25, 0.3) is 21.8 Å². The highest BCUT2D eigenvalue weighted by molar-refractivity contribution is 7.99. The summed E-state index contributed by atoms with van der Waals surface area (Å²) in [5, 5.41) is 28.0. The maximum atomic E-state index is 10.8. The Morgan fingerprint density at radius 1 is 0.966 bits per heavy atom. The molecule has 146 valence electrons. The van der Waals surface area contributed by atoms with E-state index in [0.717, 1.165) is 16.2 Å². The number of aromatic nitrogens is 5. The number of hydrogen-bond donors (Lipinski definition) is 1. The SMILES string of the molecule is O[C@@H](CSc1nnnn1Cc1cccs1)Cn1c2ccccc2c2ccccc21. The molecular weight excluding hydrogens is 402 g/mol. The Balaban J connectivity index is 1.33. The van der Waals surface area contributed by atoms with Crippen LogP contribution in [0.1, 0.15) is 4.88 Å². The van der Waals surface area contributed by atoms with Crippen molar-refractivity contribution < 1.29 is 5.11 Å². The van der Waals surface area contributed by atoms with E-state index >= 15 is 0 Å². The van der Waals surface area contributed by atoms with Crippen molar-refractivity contribution in [1.82, 2.24) is 24.8 Å². The Kier molecular flexibility index (Phi) is 5.05. The molecule has 5 aromatic rings. The molecule has 0 aliphatic heterocycles. The zero-order valence-electron chi connectivity index (χ0n) is 15.5. The second kappa shape index (κ2) is 7.98. The van der Waals surface area contributed by atoms with Crippen LogP contribution in [0.3, 0.4) is 0 Å². The summed E-state index contributed by atoms with van der Waals surface area (Å²) in [7, 11) is 0. The molecule has 29 heavy (non-hydrogen) atoms. The smallest absolute Gasteiger partial charge is 0.209 e. The van der Waals surface area contributed by atoms with E-state index in [9.17, 15) is 5.11 Å². The van der Waals surface area contributed by atoms with Crippen molar-refractivity contribution >= 4 is 44.9 Å². The molecule has 6 nitrogen and oxygen atoms in total. The van der Waals surface area contributed by atoms with E-state index in [1.165, 1.54) is 27.4 Å². The fraction of sp³-hybridized carbons (Fsp3) is 0.190. The van der Waals surface area contributed by atoms with Crippen LogP contribution in [-0.2, 0) is 13.1 Å². The highest BCUT2D eigenvalue weighted by Crippen LogP contribution is 2.29. The van der Waals surface area contributed by atoms with E-state index in [4.69, 9.17) is 0 Å². The molecule has 0 fully saturated rings. The lowest BCUT2D eigenvalue weighted by atomic mass is 10.2. The molecule has 8 heteroatoms. The second-order valence-corrected chi connectivity index (χ2v) is 8.83. The Labute approximate surface area is 175 Å². The molecule has 0 aliphatic rings. The Hall–Kier alpha value is -2.68. The van der Waals surface area contributed by atoms with E-state index in [-0.39, 0.29) is 0 Å². The largest absolute Gasteiger partial charge is 0.390 e. The van der Waals surface area contributed by atoms with Gasteiger partial charge in [0.25, 0.3) is 0 Å². The first-order valence-electron chi connectivity index (χ1n) is 9.35. The lowest BCUT2D eigenvalue weighted by molar-refractivity contribution is 0.181. The van der Waals surface area contributed by atoms with Crippen molar-refractivity contribution in [3.63, 3.8) is 0 Å². The van der Waals surface area contributed by atoms with Crippen LogP contribution in [0.15, 0.2) is 71.2 Å².